The molecule has 0 spiro atoms. The molecule has 20 heteroatoms. The molecule has 3 heterocycles. The first-order valence-corrected chi connectivity index (χ1v) is 23.2. The minimum absolute atomic E-state index is 0.160. The summed E-state index contributed by atoms with van der Waals surface area (Å²) in [5, 5.41) is 22.5. The molecule has 4 amide bonds. The fraction of sp³-hybridized carbons (Fsp3) is 0.269. The largest absolute Gasteiger partial charge is 0.935 e. The summed E-state index contributed by atoms with van der Waals surface area (Å²) in [5.41, 5.74) is 4.32. The van der Waals surface area contributed by atoms with Gasteiger partial charge in [0.25, 0.3) is 11.8 Å². The third-order valence-corrected chi connectivity index (χ3v) is 10.9. The zero-order valence-corrected chi connectivity index (χ0v) is 40.2. The van der Waals surface area contributed by atoms with Crippen LogP contribution in [0.2, 0.25) is 0 Å². The number of halogens is 3. The van der Waals surface area contributed by atoms with Crippen molar-refractivity contribution >= 4 is 66.4 Å². The predicted molar refractivity (Wildman–Crippen MR) is 271 cm³/mol. The molecule has 0 saturated carbocycles. The van der Waals surface area contributed by atoms with E-state index in [1.165, 1.54) is 12.1 Å². The lowest BCUT2D eigenvalue weighted by atomic mass is 9.86. The smallest absolute Gasteiger partial charge is 0.484 e. The first-order chi connectivity index (χ1) is 34.6. The van der Waals surface area contributed by atoms with Crippen LogP contribution in [0.5, 0.6) is 5.75 Å². The number of nitrogens with zero attached hydrogens (tertiary/aromatic N) is 1. The van der Waals surface area contributed by atoms with Gasteiger partial charge in [-0.3, -0.25) is 24.6 Å². The number of benzene rings is 3. The third kappa shape index (κ3) is 16.3. The molecule has 5 aromatic rings. The van der Waals surface area contributed by atoms with E-state index in [1.807, 2.05) is 30.4 Å². The molecule has 6 rings (SSSR count). The molecule has 1 atom stereocenters. The number of hydrogen-bond donors (Lipinski definition) is 8. The lowest BCUT2D eigenvalue weighted by molar-refractivity contribution is -0.340. The maximum absolute atomic E-state index is 14.0. The highest BCUT2D eigenvalue weighted by Crippen LogP contribution is 2.23. The Kier molecular flexibility index (Phi) is 19.5. The molecule has 0 saturated heterocycles. The van der Waals surface area contributed by atoms with Gasteiger partial charge in [0.1, 0.15) is 29.0 Å². The molecule has 0 bridgehead atoms. The van der Waals surface area contributed by atoms with Crippen molar-refractivity contribution in [2.45, 2.75) is 33.4 Å². The molecule has 16 nitrogen and oxygen atoms in total. The van der Waals surface area contributed by atoms with Gasteiger partial charge in [-0.15, -0.1) is 0 Å². The second kappa shape index (κ2) is 26.3. The predicted octanol–water partition coefficient (Wildman–Crippen LogP) is 5.96. The highest BCUT2D eigenvalue weighted by molar-refractivity contribution is 6.45. The molecule has 1 aliphatic heterocycles. The van der Waals surface area contributed by atoms with Gasteiger partial charge in [0.05, 0.1) is 33.0 Å². The van der Waals surface area contributed by atoms with Crippen molar-refractivity contribution in [3.63, 3.8) is 0 Å². The zero-order chi connectivity index (χ0) is 51.5. The number of carbonyl (C=O) groups is 4. The normalized spacial score (nSPS) is 13.3. The van der Waals surface area contributed by atoms with Crippen LogP contribution in [0.1, 0.15) is 54.5 Å². The summed E-state index contributed by atoms with van der Waals surface area (Å²) in [5.74, 6) is -1.93. The summed E-state index contributed by atoms with van der Waals surface area (Å²) in [6.45, 7) is 6.40. The highest BCUT2D eigenvalue weighted by Gasteiger charge is 2.42. The molecule has 8 N–H and O–H groups in total. The number of hydrogen-bond acceptors (Lipinski definition) is 9. The lowest BCUT2D eigenvalue weighted by Gasteiger charge is -2.30. The molecule has 1 unspecified atom stereocenters. The van der Waals surface area contributed by atoms with E-state index in [0.29, 0.717) is 46.3 Å². The maximum atomic E-state index is 14.0. The molecular weight excluding hydrogens is 930 g/mol. The standard InChI is InChI=1S/C52H57BF3N9O7/c1-52(2,3)49(64-50(68)48(57)42-7-4-5-8-43(42)61-32-36-10-15-37(54)16-11-36)51(69)60-26-28-71-30-29-70-27-25-59-46(66)33-62-47(67)34-72-41-21-13-35(14-22-41)12-17-38-18-19-39(63-38)31-40-20-23-45(65(40)53(55)56)44-9-6-24-58-44/h4-24,31,49H,25-30,32-34H2,1-3H3,(H7,57,58,59,60,61,62,63,64,66,67,68,69)/p+1/b17-12+. The van der Waals surface area contributed by atoms with Crippen LogP contribution in [0.25, 0.3) is 18.2 Å². The number of nitrogens with one attached hydrogen (secondary N) is 8. The van der Waals surface area contributed by atoms with Crippen molar-refractivity contribution in [1.29, 1.82) is 5.41 Å². The first-order valence-electron chi connectivity index (χ1n) is 23.2. The van der Waals surface area contributed by atoms with E-state index >= 15 is 0 Å². The molecule has 0 aliphatic carbocycles. The van der Waals surface area contributed by atoms with Gasteiger partial charge in [-0.25, -0.2) is 17.5 Å². The first kappa shape index (κ1) is 53.4. The number of allylic oxidation sites excluding steroid dienone is 2. The van der Waals surface area contributed by atoms with Crippen LogP contribution >= 0.6 is 0 Å². The van der Waals surface area contributed by atoms with E-state index in [4.69, 9.17) is 19.6 Å². The third-order valence-electron chi connectivity index (χ3n) is 10.9. The minimum atomic E-state index is -2.72. The number of rotatable bonds is 26. The van der Waals surface area contributed by atoms with Crippen molar-refractivity contribution in [2.24, 2.45) is 5.41 Å². The molecule has 0 radical (unpaired) electrons. The number of ether oxygens (including phenoxy) is 3. The van der Waals surface area contributed by atoms with Gasteiger partial charge in [-0.05, 0) is 77.2 Å². The number of para-hydroxylation sites is 1. The summed E-state index contributed by atoms with van der Waals surface area (Å²) in [4.78, 5) is 57.2. The van der Waals surface area contributed by atoms with Crippen LogP contribution in [0, 0.1) is 16.6 Å². The van der Waals surface area contributed by atoms with E-state index in [-0.39, 0.29) is 64.2 Å². The summed E-state index contributed by atoms with van der Waals surface area (Å²) < 4.78 is 58.9. The molecule has 1 aliphatic rings. The van der Waals surface area contributed by atoms with Gasteiger partial charge in [0.15, 0.2) is 12.3 Å². The van der Waals surface area contributed by atoms with E-state index in [1.54, 1.807) is 112 Å². The van der Waals surface area contributed by atoms with Crippen molar-refractivity contribution in [2.75, 3.05) is 58.0 Å². The Morgan fingerprint density at radius 1 is 0.792 bits per heavy atom. The van der Waals surface area contributed by atoms with Crippen LogP contribution < -0.4 is 31.3 Å². The molecule has 2 aromatic heterocycles. The Bertz CT molecular complexity index is 2770. The van der Waals surface area contributed by atoms with Crippen LogP contribution in [0.3, 0.4) is 0 Å². The highest BCUT2D eigenvalue weighted by atomic mass is 19.2. The summed E-state index contributed by atoms with van der Waals surface area (Å²) >= 11 is 0. The molecular formula is C52H58BF3N9O7+. The Morgan fingerprint density at radius 3 is 2.19 bits per heavy atom. The van der Waals surface area contributed by atoms with Crippen molar-refractivity contribution in [1.82, 2.24) is 31.2 Å². The average molecular weight is 989 g/mol. The Labute approximate surface area is 415 Å². The quantitative estimate of drug-likeness (QED) is 0.0188. The Hall–Kier alpha value is -7.97. The topological polar surface area (TPSA) is 215 Å². The second-order valence-electron chi connectivity index (χ2n) is 17.4. The van der Waals surface area contributed by atoms with Crippen molar-refractivity contribution < 1.29 is 50.9 Å². The van der Waals surface area contributed by atoms with Crippen molar-refractivity contribution in [3.8, 4) is 5.75 Å². The van der Waals surface area contributed by atoms with Gasteiger partial charge in [0, 0.05) is 66.7 Å². The van der Waals surface area contributed by atoms with E-state index < -0.39 is 42.5 Å². The molecule has 376 valence electrons. The monoisotopic (exact) mass is 988 g/mol. The number of aromatic nitrogens is 2. The van der Waals surface area contributed by atoms with Crippen LogP contribution in [-0.4, -0.2) is 116 Å². The number of anilines is 1. The lowest BCUT2D eigenvalue weighted by Crippen LogP contribution is -2.55. The second-order valence-corrected chi connectivity index (χ2v) is 17.4. The van der Waals surface area contributed by atoms with E-state index in [2.05, 4.69) is 36.6 Å². The number of carbonyl (C=O) groups excluding carboxylic acids is 4. The number of H-pyrrole nitrogens is 2. The van der Waals surface area contributed by atoms with E-state index in [0.717, 1.165) is 21.3 Å². The molecule has 72 heavy (non-hydrogen) atoms. The van der Waals surface area contributed by atoms with Gasteiger partial charge in [0.2, 0.25) is 17.5 Å². The summed E-state index contributed by atoms with van der Waals surface area (Å²) in [6.07, 6.45) is 10.4. The molecule has 3 aromatic carbocycles. The summed E-state index contributed by atoms with van der Waals surface area (Å²) in [7, 11) is -2.72. The molecule has 0 fully saturated rings. The van der Waals surface area contributed by atoms with Gasteiger partial charge in [-0.1, -0.05) is 69.3 Å². The van der Waals surface area contributed by atoms with Crippen LogP contribution in [-0.2, 0) is 35.2 Å². The fourth-order valence-corrected chi connectivity index (χ4v) is 7.17. The maximum Gasteiger partial charge on any atom is 0.935 e. The zero-order valence-electron chi connectivity index (χ0n) is 40.2. The number of aromatic amines is 2. The van der Waals surface area contributed by atoms with Crippen molar-refractivity contribution in [3.05, 3.63) is 161 Å². The van der Waals surface area contributed by atoms with Gasteiger partial charge in [-0.2, -0.15) is 0 Å². The van der Waals surface area contributed by atoms with E-state index in [9.17, 15) is 32.2 Å². The average Bonchev–Trinajstić information content (AvgIpc) is 4.16. The minimum Gasteiger partial charge on any atom is -0.484 e. The van der Waals surface area contributed by atoms with Gasteiger partial charge >= 0.3 is 7.40 Å². The Balaban J connectivity index is 0.797. The Morgan fingerprint density at radius 2 is 1.50 bits per heavy atom. The fourth-order valence-electron chi connectivity index (χ4n) is 7.17. The van der Waals surface area contributed by atoms with Crippen LogP contribution in [0.15, 0.2) is 121 Å². The summed E-state index contributed by atoms with van der Waals surface area (Å²) in [6, 6.07) is 26.1. The van der Waals surface area contributed by atoms with Gasteiger partial charge < -0.3 is 50.8 Å². The van der Waals surface area contributed by atoms with Crippen LogP contribution in [0.4, 0.5) is 18.7 Å². The SMILES string of the molecule is CC(C)(C)C(NC(=O)C(=N)c1ccccc1NCc1ccc(F)cc1)C(=O)NCCOCCOCCNC(=O)CNC(=O)COc1ccc(/C=C/c2ccc(/C=C3/C=CC(c4ccc[nH]4)=[N+]3B(F)F)[nH]2)cc1. The number of amides is 4.